The Balaban J connectivity index is 1.70. The van der Waals surface area contributed by atoms with Gasteiger partial charge in [-0.05, 0) is 19.4 Å². The van der Waals surface area contributed by atoms with E-state index in [2.05, 4.69) is 19.9 Å². The number of rotatable bonds is 3. The summed E-state index contributed by atoms with van der Waals surface area (Å²) < 4.78 is 5.65. The van der Waals surface area contributed by atoms with Crippen LogP contribution in [0.4, 0.5) is 0 Å². The molecule has 3 heterocycles. The van der Waals surface area contributed by atoms with Crippen LogP contribution in [0.1, 0.15) is 22.0 Å². The second-order valence-corrected chi connectivity index (χ2v) is 5.58. The van der Waals surface area contributed by atoms with Gasteiger partial charge in [-0.15, -0.1) is 0 Å². The van der Waals surface area contributed by atoms with Crippen molar-refractivity contribution >= 4 is 5.91 Å². The number of ether oxygens (including phenoxy) is 1. The molecule has 7 nitrogen and oxygen atoms in total. The lowest BCUT2D eigenvalue weighted by Gasteiger charge is -2.23. The molecule has 120 valence electrons. The van der Waals surface area contributed by atoms with Crippen molar-refractivity contribution in [2.75, 3.05) is 26.3 Å². The van der Waals surface area contributed by atoms with E-state index in [0.29, 0.717) is 32.0 Å². The Hall–Kier alpha value is -2.41. The molecule has 1 fully saturated rings. The van der Waals surface area contributed by atoms with E-state index in [1.165, 1.54) is 12.4 Å². The van der Waals surface area contributed by atoms with Crippen molar-refractivity contribution in [3.05, 3.63) is 48.1 Å². The molecule has 0 aromatic carbocycles. The number of carbonyl (C=O) groups is 1. The Labute approximate surface area is 134 Å². The molecular formula is C16H19N5O2. The van der Waals surface area contributed by atoms with Gasteiger partial charge in [-0.2, -0.15) is 0 Å². The van der Waals surface area contributed by atoms with Crippen molar-refractivity contribution < 1.29 is 9.53 Å². The summed E-state index contributed by atoms with van der Waals surface area (Å²) >= 11 is 0. The van der Waals surface area contributed by atoms with E-state index in [9.17, 15) is 4.79 Å². The summed E-state index contributed by atoms with van der Waals surface area (Å²) in [6, 6.07) is 1.91. The van der Waals surface area contributed by atoms with Gasteiger partial charge in [-0.1, -0.05) is 0 Å². The third-order valence-electron chi connectivity index (χ3n) is 3.74. The van der Waals surface area contributed by atoms with Gasteiger partial charge in [0.1, 0.15) is 11.5 Å². The Bertz CT molecular complexity index is 665. The lowest BCUT2D eigenvalue weighted by atomic mass is 10.0. The number of amides is 1. The van der Waals surface area contributed by atoms with Gasteiger partial charge < -0.3 is 9.64 Å². The summed E-state index contributed by atoms with van der Waals surface area (Å²) in [5.74, 6) is 0.851. The summed E-state index contributed by atoms with van der Waals surface area (Å²) in [5.41, 5.74) is 1.34. The smallest absolute Gasteiger partial charge is 0.274 e. The van der Waals surface area contributed by atoms with E-state index < -0.39 is 0 Å². The molecule has 0 bridgehead atoms. The first-order chi connectivity index (χ1) is 11.2. The summed E-state index contributed by atoms with van der Waals surface area (Å²) in [5, 5.41) is 0. The predicted molar refractivity (Wildman–Crippen MR) is 82.7 cm³/mol. The number of carbonyl (C=O) groups excluding carboxylic acids is 1. The first-order valence-electron chi connectivity index (χ1n) is 7.64. The molecule has 0 spiro atoms. The fourth-order valence-electron chi connectivity index (χ4n) is 2.67. The van der Waals surface area contributed by atoms with Crippen LogP contribution in [-0.2, 0) is 11.2 Å². The van der Waals surface area contributed by atoms with E-state index in [0.717, 1.165) is 17.9 Å². The van der Waals surface area contributed by atoms with Gasteiger partial charge in [0.05, 0.1) is 19.4 Å². The van der Waals surface area contributed by atoms with Crippen LogP contribution in [0.3, 0.4) is 0 Å². The minimum Gasteiger partial charge on any atom is -0.379 e. The molecule has 1 amide bonds. The molecule has 3 rings (SSSR count). The Morgan fingerprint density at radius 2 is 2.26 bits per heavy atom. The summed E-state index contributed by atoms with van der Waals surface area (Å²) in [6.45, 7) is 4.21. The fourth-order valence-corrected chi connectivity index (χ4v) is 2.67. The third kappa shape index (κ3) is 4.07. The topological polar surface area (TPSA) is 81.1 Å². The average molecular weight is 313 g/mol. The zero-order valence-electron chi connectivity index (χ0n) is 13.1. The lowest BCUT2D eigenvalue weighted by Crippen LogP contribution is -2.37. The van der Waals surface area contributed by atoms with Crippen molar-refractivity contribution in [1.29, 1.82) is 0 Å². The van der Waals surface area contributed by atoms with Crippen molar-refractivity contribution in [2.45, 2.75) is 13.3 Å². The van der Waals surface area contributed by atoms with Crippen LogP contribution in [0.25, 0.3) is 0 Å². The van der Waals surface area contributed by atoms with Gasteiger partial charge in [0, 0.05) is 43.3 Å². The van der Waals surface area contributed by atoms with Gasteiger partial charge in [-0.3, -0.25) is 9.78 Å². The molecule has 2 aromatic heterocycles. The van der Waals surface area contributed by atoms with E-state index in [1.807, 2.05) is 13.0 Å². The fraction of sp³-hybridized carbons (Fsp3) is 0.438. The molecule has 0 aliphatic carbocycles. The third-order valence-corrected chi connectivity index (χ3v) is 3.74. The van der Waals surface area contributed by atoms with Crippen molar-refractivity contribution in [1.82, 2.24) is 24.8 Å². The van der Waals surface area contributed by atoms with Crippen LogP contribution in [-0.4, -0.2) is 57.0 Å². The highest BCUT2D eigenvalue weighted by molar-refractivity contribution is 5.91. The number of aryl methyl sites for hydroxylation is 1. The molecule has 0 unspecified atom stereocenters. The molecule has 1 atom stereocenters. The van der Waals surface area contributed by atoms with Gasteiger partial charge in [0.2, 0.25) is 0 Å². The van der Waals surface area contributed by atoms with E-state index in [1.54, 1.807) is 17.3 Å². The van der Waals surface area contributed by atoms with Gasteiger partial charge in [0.25, 0.3) is 5.91 Å². The Morgan fingerprint density at radius 3 is 3.04 bits per heavy atom. The zero-order valence-corrected chi connectivity index (χ0v) is 13.1. The van der Waals surface area contributed by atoms with Crippen LogP contribution in [0.2, 0.25) is 0 Å². The quantitative estimate of drug-likeness (QED) is 0.837. The van der Waals surface area contributed by atoms with Gasteiger partial charge in [0.15, 0.2) is 0 Å². The van der Waals surface area contributed by atoms with E-state index >= 15 is 0 Å². The van der Waals surface area contributed by atoms with Crippen LogP contribution in [0.5, 0.6) is 0 Å². The molecular weight excluding hydrogens is 294 g/mol. The average Bonchev–Trinajstić information content (AvgIpc) is 2.80. The number of nitrogens with zero attached hydrogens (tertiary/aromatic N) is 5. The molecule has 0 radical (unpaired) electrons. The minimum absolute atomic E-state index is 0.104. The van der Waals surface area contributed by atoms with Crippen molar-refractivity contribution in [3.63, 3.8) is 0 Å². The second kappa shape index (κ2) is 7.23. The number of aromatic nitrogens is 4. The largest absolute Gasteiger partial charge is 0.379 e. The molecule has 0 N–H and O–H groups in total. The highest BCUT2D eigenvalue weighted by atomic mass is 16.5. The standard InChI is InChI=1S/C16H19N5O2/c1-12-18-3-2-14(20-12)8-13-10-21(6-7-23-11-13)16(22)15-9-17-4-5-19-15/h2-5,9,13H,6-8,10-11H2,1H3/t13-/m1/s1. The van der Waals surface area contributed by atoms with Crippen LogP contribution < -0.4 is 0 Å². The molecule has 2 aromatic rings. The SMILES string of the molecule is Cc1nccc(C[C@H]2COCCN(C(=O)c3cnccn3)C2)n1. The molecule has 0 saturated carbocycles. The maximum Gasteiger partial charge on any atom is 0.274 e. The molecule has 1 aliphatic heterocycles. The van der Waals surface area contributed by atoms with Crippen LogP contribution in [0.15, 0.2) is 30.9 Å². The number of hydrogen-bond acceptors (Lipinski definition) is 6. The summed E-state index contributed by atoms with van der Waals surface area (Å²) in [7, 11) is 0. The zero-order chi connectivity index (χ0) is 16.1. The first kappa shape index (κ1) is 15.5. The minimum atomic E-state index is -0.104. The van der Waals surface area contributed by atoms with Gasteiger partial charge >= 0.3 is 0 Å². The van der Waals surface area contributed by atoms with Crippen molar-refractivity contribution in [2.24, 2.45) is 5.92 Å². The van der Waals surface area contributed by atoms with E-state index in [4.69, 9.17) is 4.74 Å². The Kier molecular flexibility index (Phi) is 4.87. The van der Waals surface area contributed by atoms with Gasteiger partial charge in [-0.25, -0.2) is 15.0 Å². The normalized spacial score (nSPS) is 18.5. The lowest BCUT2D eigenvalue weighted by molar-refractivity contribution is 0.0731. The monoisotopic (exact) mass is 313 g/mol. The van der Waals surface area contributed by atoms with Crippen LogP contribution in [0, 0.1) is 12.8 Å². The molecule has 1 saturated heterocycles. The highest BCUT2D eigenvalue weighted by Gasteiger charge is 2.24. The van der Waals surface area contributed by atoms with Crippen LogP contribution >= 0.6 is 0 Å². The molecule has 1 aliphatic rings. The highest BCUT2D eigenvalue weighted by Crippen LogP contribution is 2.14. The van der Waals surface area contributed by atoms with Crippen molar-refractivity contribution in [3.8, 4) is 0 Å². The summed E-state index contributed by atoms with van der Waals surface area (Å²) in [4.78, 5) is 30.9. The first-order valence-corrected chi connectivity index (χ1v) is 7.64. The summed E-state index contributed by atoms with van der Waals surface area (Å²) in [6.07, 6.45) is 7.10. The maximum atomic E-state index is 12.5. The maximum absolute atomic E-state index is 12.5. The second-order valence-electron chi connectivity index (χ2n) is 5.58. The molecule has 23 heavy (non-hydrogen) atoms. The predicted octanol–water partition coefficient (Wildman–Crippen LogP) is 0.906. The molecule has 7 heteroatoms. The van der Waals surface area contributed by atoms with E-state index in [-0.39, 0.29) is 11.8 Å². The number of hydrogen-bond donors (Lipinski definition) is 0. The Morgan fingerprint density at radius 1 is 1.35 bits per heavy atom.